The van der Waals surface area contributed by atoms with Crippen molar-refractivity contribution in [1.29, 1.82) is 0 Å². The Hall–Kier alpha value is -2.93. The zero-order valence-electron chi connectivity index (χ0n) is 14.7. The first-order valence-electron chi connectivity index (χ1n) is 8.17. The number of anilines is 2. The minimum absolute atomic E-state index is 0.0506. The molecule has 2 heterocycles. The smallest absolute Gasteiger partial charge is 0.275 e. The lowest BCUT2D eigenvalue weighted by Gasteiger charge is -2.09. The third-order valence-electron chi connectivity index (χ3n) is 3.68. The van der Waals surface area contributed by atoms with Crippen LogP contribution in [-0.4, -0.2) is 16.8 Å². The molecule has 0 unspecified atom stereocenters. The van der Waals surface area contributed by atoms with Gasteiger partial charge in [0, 0.05) is 22.2 Å². The minimum Gasteiger partial charge on any atom is -0.462 e. The van der Waals surface area contributed by atoms with E-state index in [-0.39, 0.29) is 17.7 Å². The van der Waals surface area contributed by atoms with Crippen LogP contribution in [0.3, 0.4) is 0 Å². The number of amides is 2. The van der Waals surface area contributed by atoms with Crippen molar-refractivity contribution < 1.29 is 14.0 Å². The van der Waals surface area contributed by atoms with Crippen molar-refractivity contribution in [2.45, 2.75) is 20.8 Å². The second-order valence-corrected chi connectivity index (χ2v) is 7.28. The van der Waals surface area contributed by atoms with Gasteiger partial charge in [0.1, 0.15) is 5.69 Å². The predicted octanol–water partition coefficient (Wildman–Crippen LogP) is 4.56. The number of aryl methyl sites for hydroxylation is 1. The zero-order chi connectivity index (χ0) is 18.7. The molecule has 0 aliphatic carbocycles. The largest absolute Gasteiger partial charge is 0.462 e. The summed E-state index contributed by atoms with van der Waals surface area (Å²) >= 11 is 1.41. The normalized spacial score (nSPS) is 10.8. The Balaban J connectivity index is 1.69. The van der Waals surface area contributed by atoms with Crippen LogP contribution in [0.5, 0.6) is 0 Å². The summed E-state index contributed by atoms with van der Waals surface area (Å²) in [5, 5.41) is 6.30. The Morgan fingerprint density at radius 1 is 1.08 bits per heavy atom. The average molecular weight is 369 g/mol. The monoisotopic (exact) mass is 369 g/mol. The molecular weight excluding hydrogens is 350 g/mol. The van der Waals surface area contributed by atoms with Gasteiger partial charge in [-0.15, -0.1) is 11.3 Å². The van der Waals surface area contributed by atoms with E-state index < -0.39 is 0 Å². The molecular formula is C19H19N3O3S. The van der Waals surface area contributed by atoms with Crippen LogP contribution >= 0.6 is 11.3 Å². The van der Waals surface area contributed by atoms with E-state index in [0.29, 0.717) is 27.8 Å². The van der Waals surface area contributed by atoms with E-state index in [1.54, 1.807) is 36.6 Å². The van der Waals surface area contributed by atoms with Gasteiger partial charge in [0.2, 0.25) is 5.91 Å². The van der Waals surface area contributed by atoms with Gasteiger partial charge in [-0.05, 0) is 43.3 Å². The van der Waals surface area contributed by atoms with Gasteiger partial charge in [-0.2, -0.15) is 0 Å². The van der Waals surface area contributed by atoms with Crippen LogP contribution < -0.4 is 10.6 Å². The summed E-state index contributed by atoms with van der Waals surface area (Å²) in [6, 6.07) is 10.6. The second kappa shape index (κ2) is 7.53. The fourth-order valence-corrected chi connectivity index (χ4v) is 3.11. The summed E-state index contributed by atoms with van der Waals surface area (Å²) in [5.41, 5.74) is 1.69. The van der Waals surface area contributed by atoms with Crippen molar-refractivity contribution in [1.82, 2.24) is 4.98 Å². The van der Waals surface area contributed by atoms with Crippen LogP contribution in [0.25, 0.3) is 10.8 Å². The maximum atomic E-state index is 12.5. The molecule has 1 aromatic carbocycles. The highest BCUT2D eigenvalue weighted by molar-refractivity contribution is 7.15. The molecule has 0 saturated carbocycles. The highest BCUT2D eigenvalue weighted by atomic mass is 32.1. The van der Waals surface area contributed by atoms with E-state index in [0.717, 1.165) is 4.88 Å². The standard InChI is InChI=1S/C19H19N3O3S/c1-11(2)17(23)20-13-6-8-14(9-7-13)21-18(24)16-12(3)26-19(22-16)15-5-4-10-25-15/h4-11H,1-3H3,(H,20,23)(H,21,24). The van der Waals surface area contributed by atoms with E-state index in [2.05, 4.69) is 15.6 Å². The molecule has 2 N–H and O–H groups in total. The molecule has 0 spiro atoms. The van der Waals surface area contributed by atoms with Crippen molar-refractivity contribution in [3.8, 4) is 10.8 Å². The van der Waals surface area contributed by atoms with E-state index >= 15 is 0 Å². The average Bonchev–Trinajstić information content (AvgIpc) is 3.25. The maximum Gasteiger partial charge on any atom is 0.275 e. The number of nitrogens with one attached hydrogen (secondary N) is 2. The lowest BCUT2D eigenvalue weighted by atomic mass is 10.2. The van der Waals surface area contributed by atoms with Gasteiger partial charge in [0.25, 0.3) is 5.91 Å². The lowest BCUT2D eigenvalue weighted by molar-refractivity contribution is -0.118. The van der Waals surface area contributed by atoms with Crippen molar-refractivity contribution in [2.75, 3.05) is 10.6 Å². The molecule has 134 valence electrons. The van der Waals surface area contributed by atoms with E-state index in [9.17, 15) is 9.59 Å². The summed E-state index contributed by atoms with van der Waals surface area (Å²) in [7, 11) is 0. The number of hydrogen-bond acceptors (Lipinski definition) is 5. The molecule has 6 nitrogen and oxygen atoms in total. The molecule has 0 saturated heterocycles. The highest BCUT2D eigenvalue weighted by Gasteiger charge is 2.17. The molecule has 2 amide bonds. The fourth-order valence-electron chi connectivity index (χ4n) is 2.23. The molecule has 7 heteroatoms. The van der Waals surface area contributed by atoms with Gasteiger partial charge in [-0.25, -0.2) is 4.98 Å². The number of aromatic nitrogens is 1. The van der Waals surface area contributed by atoms with Gasteiger partial charge in [-0.1, -0.05) is 13.8 Å². The third kappa shape index (κ3) is 4.00. The number of benzene rings is 1. The lowest BCUT2D eigenvalue weighted by Crippen LogP contribution is -2.17. The Morgan fingerprint density at radius 3 is 2.31 bits per heavy atom. The molecule has 0 fully saturated rings. The van der Waals surface area contributed by atoms with Crippen LogP contribution in [0.4, 0.5) is 11.4 Å². The summed E-state index contributed by atoms with van der Waals surface area (Å²) in [4.78, 5) is 29.4. The fraction of sp³-hybridized carbons (Fsp3) is 0.211. The van der Waals surface area contributed by atoms with Crippen molar-refractivity contribution in [3.63, 3.8) is 0 Å². The van der Waals surface area contributed by atoms with Gasteiger partial charge >= 0.3 is 0 Å². The SMILES string of the molecule is Cc1sc(-c2ccco2)nc1C(=O)Nc1ccc(NC(=O)C(C)C)cc1. The number of thiazole rings is 1. The molecule has 3 aromatic rings. The molecule has 26 heavy (non-hydrogen) atoms. The van der Waals surface area contributed by atoms with Crippen molar-refractivity contribution >= 4 is 34.5 Å². The molecule has 0 aliphatic heterocycles. The van der Waals surface area contributed by atoms with Crippen molar-refractivity contribution in [3.05, 3.63) is 53.2 Å². The summed E-state index contributed by atoms with van der Waals surface area (Å²) in [6.45, 7) is 5.51. The Bertz CT molecular complexity index is 912. The first-order chi connectivity index (χ1) is 12.4. The van der Waals surface area contributed by atoms with Crippen LogP contribution in [0.2, 0.25) is 0 Å². The quantitative estimate of drug-likeness (QED) is 0.690. The van der Waals surface area contributed by atoms with Crippen LogP contribution in [0, 0.1) is 12.8 Å². The summed E-state index contributed by atoms with van der Waals surface area (Å²) < 4.78 is 5.33. The van der Waals surface area contributed by atoms with Gasteiger partial charge in [0.15, 0.2) is 10.8 Å². The number of nitrogens with zero attached hydrogens (tertiary/aromatic N) is 1. The van der Waals surface area contributed by atoms with Crippen LogP contribution in [-0.2, 0) is 4.79 Å². The molecule has 0 bridgehead atoms. The van der Waals surface area contributed by atoms with Crippen molar-refractivity contribution in [2.24, 2.45) is 5.92 Å². The topological polar surface area (TPSA) is 84.2 Å². The number of rotatable bonds is 5. The zero-order valence-corrected chi connectivity index (χ0v) is 15.5. The van der Waals surface area contributed by atoms with Gasteiger partial charge in [0.05, 0.1) is 6.26 Å². The summed E-state index contributed by atoms with van der Waals surface area (Å²) in [6.07, 6.45) is 1.57. The number of carbonyl (C=O) groups is 2. The number of furan rings is 1. The maximum absolute atomic E-state index is 12.5. The Kier molecular flexibility index (Phi) is 5.18. The first-order valence-corrected chi connectivity index (χ1v) is 8.99. The molecule has 0 radical (unpaired) electrons. The summed E-state index contributed by atoms with van der Waals surface area (Å²) in [5.74, 6) is 0.216. The number of hydrogen-bond donors (Lipinski definition) is 2. The highest BCUT2D eigenvalue weighted by Crippen LogP contribution is 2.28. The Morgan fingerprint density at radius 2 is 1.73 bits per heavy atom. The van der Waals surface area contributed by atoms with E-state index in [1.165, 1.54) is 11.3 Å². The van der Waals surface area contributed by atoms with E-state index in [4.69, 9.17) is 4.42 Å². The van der Waals surface area contributed by atoms with Crippen LogP contribution in [0.15, 0.2) is 47.1 Å². The minimum atomic E-state index is -0.282. The van der Waals surface area contributed by atoms with Crippen LogP contribution in [0.1, 0.15) is 29.2 Å². The molecule has 2 aromatic heterocycles. The number of carbonyl (C=O) groups excluding carboxylic acids is 2. The Labute approximate surface area is 155 Å². The first kappa shape index (κ1) is 17.9. The van der Waals surface area contributed by atoms with E-state index in [1.807, 2.05) is 26.8 Å². The predicted molar refractivity (Wildman–Crippen MR) is 102 cm³/mol. The molecule has 0 atom stereocenters. The third-order valence-corrected chi connectivity index (χ3v) is 4.66. The second-order valence-electron chi connectivity index (χ2n) is 6.08. The molecule has 0 aliphatic rings. The molecule has 3 rings (SSSR count). The van der Waals surface area contributed by atoms with Gasteiger partial charge < -0.3 is 15.1 Å². The van der Waals surface area contributed by atoms with Gasteiger partial charge in [-0.3, -0.25) is 9.59 Å².